The third-order valence-corrected chi connectivity index (χ3v) is 11.8. The second-order valence-electron chi connectivity index (χ2n) is 10.9. The first-order valence-corrected chi connectivity index (χ1v) is 14.7. The molecule has 8 heteroatoms. The van der Waals surface area contributed by atoms with Gasteiger partial charge in [-0.15, -0.1) is 11.3 Å². The molecule has 2 heterocycles. The topological polar surface area (TPSA) is 77.7 Å². The molecule has 1 amide bonds. The van der Waals surface area contributed by atoms with Gasteiger partial charge in [0.2, 0.25) is 0 Å². The van der Waals surface area contributed by atoms with Crippen LogP contribution in [0.1, 0.15) is 82.4 Å². The lowest BCUT2D eigenvalue weighted by Gasteiger charge is -2.39. The van der Waals surface area contributed by atoms with Crippen LogP contribution in [-0.4, -0.2) is 42.5 Å². The molecule has 0 unspecified atom stereocenters. The van der Waals surface area contributed by atoms with Crippen molar-refractivity contribution in [1.82, 2.24) is 9.88 Å². The Morgan fingerprint density at radius 2 is 1.90 bits per heavy atom. The summed E-state index contributed by atoms with van der Waals surface area (Å²) in [6.07, 6.45) is 2.63. The lowest BCUT2D eigenvalue weighted by molar-refractivity contribution is 0.00646. The van der Waals surface area contributed by atoms with Crippen molar-refractivity contribution in [3.63, 3.8) is 0 Å². The maximum Gasteiger partial charge on any atom is 0.410 e. The fourth-order valence-electron chi connectivity index (χ4n) is 3.23. The summed E-state index contributed by atoms with van der Waals surface area (Å²) in [6.45, 7) is 20.2. The third kappa shape index (κ3) is 6.28. The van der Waals surface area contributed by atoms with Crippen molar-refractivity contribution in [3.05, 3.63) is 15.6 Å². The molecule has 1 aliphatic rings. The number of rotatable bonds is 5. The van der Waals surface area contributed by atoms with Crippen molar-refractivity contribution >= 4 is 25.7 Å². The van der Waals surface area contributed by atoms with Gasteiger partial charge in [0.25, 0.3) is 0 Å². The molecule has 1 fully saturated rings. The minimum absolute atomic E-state index is 0.0895. The average molecular weight is 456 g/mol. The Morgan fingerprint density at radius 3 is 2.47 bits per heavy atom. The van der Waals surface area contributed by atoms with Crippen molar-refractivity contribution in [1.29, 1.82) is 0 Å². The number of ether oxygens (including phenoxy) is 1. The normalized spacial score (nSPS) is 19.7. The number of likely N-dealkylation sites (tertiary alicyclic amines) is 1. The third-order valence-electron chi connectivity index (χ3n) is 6.16. The van der Waals surface area contributed by atoms with Crippen molar-refractivity contribution in [2.24, 2.45) is 5.73 Å². The molecule has 30 heavy (non-hydrogen) atoms. The van der Waals surface area contributed by atoms with E-state index in [0.29, 0.717) is 13.2 Å². The molecule has 0 bridgehead atoms. The number of hydrogen-bond donors (Lipinski definition) is 1. The molecular weight excluding hydrogens is 414 g/mol. The van der Waals surface area contributed by atoms with Gasteiger partial charge in [-0.25, -0.2) is 9.78 Å². The van der Waals surface area contributed by atoms with E-state index in [-0.39, 0.29) is 23.2 Å². The van der Waals surface area contributed by atoms with Crippen molar-refractivity contribution in [2.75, 3.05) is 6.54 Å². The van der Waals surface area contributed by atoms with E-state index in [9.17, 15) is 4.79 Å². The van der Waals surface area contributed by atoms with Crippen LogP contribution < -0.4 is 5.73 Å². The van der Waals surface area contributed by atoms with Crippen molar-refractivity contribution < 1.29 is 14.0 Å². The number of aromatic nitrogens is 1. The van der Waals surface area contributed by atoms with Gasteiger partial charge in [-0.1, -0.05) is 20.8 Å². The molecule has 0 spiro atoms. The highest BCUT2D eigenvalue weighted by Gasteiger charge is 2.38. The Bertz CT molecular complexity index is 737. The van der Waals surface area contributed by atoms with Crippen LogP contribution in [0.2, 0.25) is 18.1 Å². The summed E-state index contributed by atoms with van der Waals surface area (Å²) < 4.78 is 12.0. The highest BCUT2D eigenvalue weighted by molar-refractivity contribution is 7.11. The van der Waals surface area contributed by atoms with Crippen molar-refractivity contribution in [3.8, 4) is 0 Å². The van der Waals surface area contributed by atoms with E-state index in [2.05, 4.69) is 40.8 Å². The molecule has 2 rings (SSSR count). The monoisotopic (exact) mass is 455 g/mol. The Morgan fingerprint density at radius 1 is 1.27 bits per heavy atom. The number of carbonyl (C=O) groups is 1. The molecular formula is C22H41N3O3SSi. The zero-order valence-electron chi connectivity index (χ0n) is 20.3. The first-order valence-electron chi connectivity index (χ1n) is 11.0. The van der Waals surface area contributed by atoms with E-state index < -0.39 is 13.9 Å². The van der Waals surface area contributed by atoms with Crippen LogP contribution in [0.15, 0.2) is 0 Å². The largest absolute Gasteiger partial charge is 0.444 e. The fourth-order valence-corrected chi connectivity index (χ4v) is 5.15. The van der Waals surface area contributed by atoms with Gasteiger partial charge < -0.3 is 19.8 Å². The maximum atomic E-state index is 12.8. The van der Waals surface area contributed by atoms with E-state index in [1.165, 1.54) is 0 Å². The van der Waals surface area contributed by atoms with Crippen molar-refractivity contribution in [2.45, 2.75) is 110 Å². The first kappa shape index (κ1) is 25.3. The Balaban J connectivity index is 2.14. The van der Waals surface area contributed by atoms with E-state index >= 15 is 0 Å². The predicted molar refractivity (Wildman–Crippen MR) is 126 cm³/mol. The second kappa shape index (κ2) is 9.26. The van der Waals surface area contributed by atoms with E-state index in [4.69, 9.17) is 19.9 Å². The SMILES string of the molecule is Cc1sc([C@H](N)[C@H]2CCCCN2C(=O)OC(C)(C)C)nc1CO[Si](C)(C)C(C)(C)C. The fraction of sp³-hybridized carbons (Fsp3) is 0.818. The molecule has 0 aliphatic carbocycles. The molecule has 6 nitrogen and oxygen atoms in total. The molecule has 1 aliphatic heterocycles. The van der Waals surface area contributed by atoms with Crippen LogP contribution in [0.25, 0.3) is 0 Å². The smallest absolute Gasteiger partial charge is 0.410 e. The first-order chi connectivity index (χ1) is 13.6. The standard InChI is InChI=1S/C22H41N3O3SSi/c1-15-16(14-27-30(8,9)22(5,6)7)24-19(29-15)18(23)17-12-10-11-13-25(17)20(26)28-21(2,3)4/h17-18H,10-14,23H2,1-9H3/t17-,18-/m1/s1. The number of nitrogens with two attached hydrogens (primary N) is 1. The van der Waals surface area contributed by atoms with Crippen LogP contribution in [-0.2, 0) is 15.8 Å². The van der Waals surface area contributed by atoms with Crippen LogP contribution in [0, 0.1) is 6.92 Å². The number of piperidine rings is 1. The number of amides is 1. The average Bonchev–Trinajstić information content (AvgIpc) is 2.98. The number of carbonyl (C=O) groups excluding carboxylic acids is 1. The lowest BCUT2D eigenvalue weighted by Crippen LogP contribution is -2.50. The number of thiazole rings is 1. The molecule has 1 saturated heterocycles. The molecule has 1 aromatic rings. The molecule has 2 atom stereocenters. The second-order valence-corrected chi connectivity index (χ2v) is 16.9. The quantitative estimate of drug-likeness (QED) is 0.571. The molecule has 0 aromatic carbocycles. The zero-order valence-corrected chi connectivity index (χ0v) is 22.1. The summed E-state index contributed by atoms with van der Waals surface area (Å²) in [7, 11) is -1.85. The Labute approximate surface area is 187 Å². The van der Waals surface area contributed by atoms with Gasteiger partial charge >= 0.3 is 6.09 Å². The van der Waals surface area contributed by atoms with Gasteiger partial charge in [0.05, 0.1) is 24.4 Å². The van der Waals surface area contributed by atoms with Gasteiger partial charge in [-0.2, -0.15) is 0 Å². The summed E-state index contributed by atoms with van der Waals surface area (Å²) >= 11 is 1.62. The highest BCUT2D eigenvalue weighted by Crippen LogP contribution is 2.38. The van der Waals surface area contributed by atoms with Gasteiger partial charge in [0.15, 0.2) is 8.32 Å². The van der Waals surface area contributed by atoms with Crippen LogP contribution in [0.4, 0.5) is 4.79 Å². The summed E-state index contributed by atoms with van der Waals surface area (Å²) in [5, 5.41) is 1.04. The Kier molecular flexibility index (Phi) is 7.81. The van der Waals surface area contributed by atoms with E-state index in [0.717, 1.165) is 34.8 Å². The zero-order chi connectivity index (χ0) is 22.9. The number of nitrogens with zero attached hydrogens (tertiary/aromatic N) is 2. The van der Waals surface area contributed by atoms with Crippen LogP contribution in [0.3, 0.4) is 0 Å². The van der Waals surface area contributed by atoms with E-state index in [1.807, 2.05) is 25.7 Å². The molecule has 172 valence electrons. The van der Waals surface area contributed by atoms with Gasteiger partial charge in [-0.05, 0) is 65.1 Å². The molecule has 2 N–H and O–H groups in total. The minimum Gasteiger partial charge on any atom is -0.444 e. The summed E-state index contributed by atoms with van der Waals surface area (Å²) in [4.78, 5) is 20.6. The molecule has 0 radical (unpaired) electrons. The van der Waals surface area contributed by atoms with E-state index in [1.54, 1.807) is 11.3 Å². The maximum absolute atomic E-state index is 12.8. The Hall–Kier alpha value is -0.963. The van der Waals surface area contributed by atoms with Gasteiger partial charge in [-0.3, -0.25) is 0 Å². The summed E-state index contributed by atoms with van der Waals surface area (Å²) in [5.74, 6) is 0. The number of hydrogen-bond acceptors (Lipinski definition) is 6. The van der Waals surface area contributed by atoms with Crippen LogP contribution in [0.5, 0.6) is 0 Å². The molecule has 0 saturated carbocycles. The van der Waals surface area contributed by atoms with Crippen LogP contribution >= 0.6 is 11.3 Å². The molecule has 1 aromatic heterocycles. The minimum atomic E-state index is -1.85. The predicted octanol–water partition coefficient (Wildman–Crippen LogP) is 5.76. The lowest BCUT2D eigenvalue weighted by atomic mass is 9.96. The number of aryl methyl sites for hydroxylation is 1. The highest BCUT2D eigenvalue weighted by atomic mass is 32.1. The summed E-state index contributed by atoms with van der Waals surface area (Å²) in [6, 6.07) is -0.406. The van der Waals surface area contributed by atoms with Gasteiger partial charge in [0, 0.05) is 11.4 Å². The van der Waals surface area contributed by atoms with Gasteiger partial charge in [0.1, 0.15) is 10.6 Å². The summed E-state index contributed by atoms with van der Waals surface area (Å²) in [5.41, 5.74) is 7.11.